The zero-order valence-electron chi connectivity index (χ0n) is 13.8. The lowest BCUT2D eigenvalue weighted by molar-refractivity contribution is 0.415. The van der Waals surface area contributed by atoms with Crippen LogP contribution in [-0.4, -0.2) is 28.3 Å². The van der Waals surface area contributed by atoms with E-state index in [1.165, 1.54) is 5.56 Å². The molecule has 0 saturated carbocycles. The third-order valence-electron chi connectivity index (χ3n) is 3.72. The number of benzene rings is 1. The molecule has 1 N–H and O–H groups in total. The molecule has 2 heterocycles. The Balaban J connectivity index is 1.56. The molecule has 0 radical (unpaired) electrons. The minimum Gasteiger partial charge on any atom is -0.497 e. The van der Waals surface area contributed by atoms with Crippen molar-refractivity contribution in [3.05, 3.63) is 54.4 Å². The van der Waals surface area contributed by atoms with Gasteiger partial charge in [0.2, 0.25) is 5.13 Å². The lowest BCUT2D eigenvalue weighted by atomic mass is 10.1. The van der Waals surface area contributed by atoms with E-state index >= 15 is 0 Å². The van der Waals surface area contributed by atoms with Crippen LogP contribution in [0.25, 0.3) is 10.6 Å². The number of aromatic nitrogens is 3. The highest BCUT2D eigenvalue weighted by Gasteiger charge is 2.09. The fraction of sp³-hybridized carbons (Fsp3) is 0.278. The summed E-state index contributed by atoms with van der Waals surface area (Å²) in [5.41, 5.74) is 2.30. The van der Waals surface area contributed by atoms with Crippen molar-refractivity contribution in [3.8, 4) is 16.3 Å². The number of nitrogens with zero attached hydrogens (tertiary/aromatic N) is 3. The number of nitrogens with one attached hydrogen (secondary N) is 1. The molecule has 0 spiro atoms. The van der Waals surface area contributed by atoms with Crippen LogP contribution in [0.1, 0.15) is 18.9 Å². The van der Waals surface area contributed by atoms with E-state index in [0.29, 0.717) is 6.04 Å². The largest absolute Gasteiger partial charge is 0.497 e. The topological polar surface area (TPSA) is 59.9 Å². The standard InChI is InChI=1S/C18H20N4OS/c1-13(5-6-14-4-3-11-19-12-14)20-18-22-21-17(24-18)15-7-9-16(23-2)10-8-15/h3-4,7-13H,5-6H2,1-2H3,(H,20,22). The van der Waals surface area contributed by atoms with Crippen LogP contribution in [-0.2, 0) is 6.42 Å². The molecule has 0 aliphatic rings. The van der Waals surface area contributed by atoms with E-state index in [1.54, 1.807) is 24.6 Å². The predicted octanol–water partition coefficient (Wildman–Crippen LogP) is 4.04. The summed E-state index contributed by atoms with van der Waals surface area (Å²) in [6.45, 7) is 2.16. The molecule has 1 unspecified atom stereocenters. The van der Waals surface area contributed by atoms with Crippen molar-refractivity contribution >= 4 is 16.5 Å². The van der Waals surface area contributed by atoms with Crippen LogP contribution in [0.2, 0.25) is 0 Å². The van der Waals surface area contributed by atoms with Crippen LogP contribution in [0.3, 0.4) is 0 Å². The quantitative estimate of drug-likeness (QED) is 0.703. The number of rotatable bonds is 7. The number of aryl methyl sites for hydroxylation is 1. The molecule has 0 amide bonds. The monoisotopic (exact) mass is 340 g/mol. The maximum absolute atomic E-state index is 5.18. The average Bonchev–Trinajstić information content (AvgIpc) is 3.09. The Morgan fingerprint density at radius 3 is 2.71 bits per heavy atom. The van der Waals surface area contributed by atoms with Crippen molar-refractivity contribution < 1.29 is 4.74 Å². The van der Waals surface area contributed by atoms with E-state index in [1.807, 2.05) is 36.5 Å². The first-order chi connectivity index (χ1) is 11.7. The molecule has 0 aliphatic heterocycles. The summed E-state index contributed by atoms with van der Waals surface area (Å²) < 4.78 is 5.18. The molecular weight excluding hydrogens is 320 g/mol. The minimum atomic E-state index is 0.321. The van der Waals surface area contributed by atoms with Crippen LogP contribution in [0.15, 0.2) is 48.8 Å². The second kappa shape index (κ2) is 7.88. The molecule has 0 aliphatic carbocycles. The molecular formula is C18H20N4OS. The van der Waals surface area contributed by atoms with Gasteiger partial charge in [-0.2, -0.15) is 0 Å². The summed E-state index contributed by atoms with van der Waals surface area (Å²) in [5.74, 6) is 0.839. The summed E-state index contributed by atoms with van der Waals surface area (Å²) in [6, 6.07) is 12.2. The molecule has 124 valence electrons. The van der Waals surface area contributed by atoms with Gasteiger partial charge in [0.1, 0.15) is 10.8 Å². The highest BCUT2D eigenvalue weighted by Crippen LogP contribution is 2.28. The lowest BCUT2D eigenvalue weighted by Gasteiger charge is -2.11. The first-order valence-electron chi connectivity index (χ1n) is 7.88. The van der Waals surface area contributed by atoms with E-state index in [0.717, 1.165) is 34.3 Å². The van der Waals surface area contributed by atoms with Crippen molar-refractivity contribution in [3.63, 3.8) is 0 Å². The van der Waals surface area contributed by atoms with Crippen LogP contribution < -0.4 is 10.1 Å². The minimum absolute atomic E-state index is 0.321. The summed E-state index contributed by atoms with van der Waals surface area (Å²) in [6.07, 6.45) is 5.72. The van der Waals surface area contributed by atoms with Crippen LogP contribution in [0, 0.1) is 0 Å². The molecule has 3 rings (SSSR count). The van der Waals surface area contributed by atoms with E-state index in [4.69, 9.17) is 4.74 Å². The first-order valence-corrected chi connectivity index (χ1v) is 8.69. The van der Waals surface area contributed by atoms with Gasteiger partial charge in [-0.1, -0.05) is 17.4 Å². The van der Waals surface area contributed by atoms with Crippen LogP contribution in [0.5, 0.6) is 5.75 Å². The zero-order valence-corrected chi connectivity index (χ0v) is 14.6. The Bertz CT molecular complexity index is 758. The molecule has 0 fully saturated rings. The molecule has 6 heteroatoms. The van der Waals surface area contributed by atoms with Crippen molar-refractivity contribution in [1.29, 1.82) is 0 Å². The first kappa shape index (κ1) is 16.4. The Labute approximate surface area is 145 Å². The second-order valence-electron chi connectivity index (χ2n) is 5.59. The Hall–Kier alpha value is -2.47. The zero-order chi connectivity index (χ0) is 16.8. The summed E-state index contributed by atoms with van der Waals surface area (Å²) in [5, 5.41) is 13.7. The Morgan fingerprint density at radius 1 is 1.17 bits per heavy atom. The van der Waals surface area contributed by atoms with Crippen molar-refractivity contribution in [2.75, 3.05) is 12.4 Å². The number of anilines is 1. The van der Waals surface area contributed by atoms with Crippen molar-refractivity contribution in [2.45, 2.75) is 25.8 Å². The van der Waals surface area contributed by atoms with E-state index in [2.05, 4.69) is 33.5 Å². The van der Waals surface area contributed by atoms with E-state index in [-0.39, 0.29) is 0 Å². The van der Waals surface area contributed by atoms with Crippen molar-refractivity contribution in [1.82, 2.24) is 15.2 Å². The predicted molar refractivity (Wildman–Crippen MR) is 97.5 cm³/mol. The van der Waals surface area contributed by atoms with Crippen LogP contribution in [0.4, 0.5) is 5.13 Å². The van der Waals surface area contributed by atoms with Gasteiger partial charge >= 0.3 is 0 Å². The summed E-state index contributed by atoms with van der Waals surface area (Å²) >= 11 is 1.56. The van der Waals surface area contributed by atoms with Gasteiger partial charge in [0, 0.05) is 24.0 Å². The maximum atomic E-state index is 5.18. The normalized spacial score (nSPS) is 11.9. The number of hydrogen-bond donors (Lipinski definition) is 1. The number of hydrogen-bond acceptors (Lipinski definition) is 6. The third kappa shape index (κ3) is 4.29. The third-order valence-corrected chi connectivity index (χ3v) is 4.62. The second-order valence-corrected chi connectivity index (χ2v) is 6.56. The van der Waals surface area contributed by atoms with Gasteiger partial charge in [0.15, 0.2) is 0 Å². The number of ether oxygens (including phenoxy) is 1. The fourth-order valence-corrected chi connectivity index (χ4v) is 3.20. The van der Waals surface area contributed by atoms with E-state index < -0.39 is 0 Å². The number of pyridine rings is 1. The van der Waals surface area contributed by atoms with Gasteiger partial charge in [0.25, 0.3) is 0 Å². The molecule has 1 atom stereocenters. The van der Waals surface area contributed by atoms with Crippen LogP contribution >= 0.6 is 11.3 Å². The molecule has 2 aromatic heterocycles. The smallest absolute Gasteiger partial charge is 0.206 e. The van der Waals surface area contributed by atoms with Gasteiger partial charge in [-0.15, -0.1) is 10.2 Å². The van der Waals surface area contributed by atoms with E-state index in [9.17, 15) is 0 Å². The highest BCUT2D eigenvalue weighted by atomic mass is 32.1. The SMILES string of the molecule is COc1ccc(-c2nnc(NC(C)CCc3cccnc3)s2)cc1. The molecule has 1 aromatic carbocycles. The molecule has 0 saturated heterocycles. The van der Waals surface area contributed by atoms with Gasteiger partial charge in [0.05, 0.1) is 7.11 Å². The van der Waals surface area contributed by atoms with Gasteiger partial charge in [-0.25, -0.2) is 0 Å². The van der Waals surface area contributed by atoms with Gasteiger partial charge in [-0.05, 0) is 55.7 Å². The Morgan fingerprint density at radius 2 is 2.00 bits per heavy atom. The molecule has 24 heavy (non-hydrogen) atoms. The van der Waals surface area contributed by atoms with Gasteiger partial charge in [-0.3, -0.25) is 4.98 Å². The molecule has 0 bridgehead atoms. The van der Waals surface area contributed by atoms with Gasteiger partial charge < -0.3 is 10.1 Å². The Kier molecular flexibility index (Phi) is 5.38. The molecule has 3 aromatic rings. The van der Waals surface area contributed by atoms with Crippen molar-refractivity contribution in [2.24, 2.45) is 0 Å². The number of methoxy groups -OCH3 is 1. The highest BCUT2D eigenvalue weighted by molar-refractivity contribution is 7.18. The lowest BCUT2D eigenvalue weighted by Crippen LogP contribution is -2.15. The average molecular weight is 340 g/mol. The maximum Gasteiger partial charge on any atom is 0.206 e. The summed E-state index contributed by atoms with van der Waals surface area (Å²) in [4.78, 5) is 4.15. The molecule has 5 nitrogen and oxygen atoms in total. The summed E-state index contributed by atoms with van der Waals surface area (Å²) in [7, 11) is 1.66. The fourth-order valence-electron chi connectivity index (χ4n) is 2.34.